The van der Waals surface area contributed by atoms with Crippen molar-refractivity contribution in [1.29, 1.82) is 0 Å². The maximum atomic E-state index is 11.7. The van der Waals surface area contributed by atoms with Gasteiger partial charge in [0.25, 0.3) is 5.91 Å². The van der Waals surface area contributed by atoms with E-state index in [0.29, 0.717) is 6.54 Å². The molecule has 1 aliphatic rings. The Labute approximate surface area is 107 Å². The molecule has 0 radical (unpaired) electrons. The fourth-order valence-corrected chi connectivity index (χ4v) is 2.92. The monoisotopic (exact) mass is 336 g/mol. The summed E-state index contributed by atoms with van der Waals surface area (Å²) in [7, 11) is 0. The van der Waals surface area contributed by atoms with Gasteiger partial charge < -0.3 is 11.1 Å². The zero-order chi connectivity index (χ0) is 10.9. The minimum Gasteiger partial charge on any atom is -0.350 e. The molecule has 0 aromatic carbocycles. The second-order valence-corrected chi connectivity index (χ2v) is 6.84. The van der Waals surface area contributed by atoms with Gasteiger partial charge in [-0.25, -0.2) is 0 Å². The molecule has 3 nitrogen and oxygen atoms in total. The minimum absolute atomic E-state index is 0.00843. The lowest BCUT2D eigenvalue weighted by atomic mass is 9.78. The van der Waals surface area contributed by atoms with Crippen molar-refractivity contribution < 1.29 is 4.79 Å². The van der Waals surface area contributed by atoms with Gasteiger partial charge >= 0.3 is 0 Å². The molecule has 0 unspecified atom stereocenters. The number of nitrogens with one attached hydrogen (secondary N) is 1. The van der Waals surface area contributed by atoms with Crippen molar-refractivity contribution in [3.8, 4) is 0 Å². The van der Waals surface area contributed by atoms with Crippen molar-refractivity contribution in [2.45, 2.75) is 24.8 Å². The van der Waals surface area contributed by atoms with E-state index in [2.05, 4.69) is 27.9 Å². The van der Waals surface area contributed by atoms with Crippen LogP contribution in [0.4, 0.5) is 0 Å². The summed E-state index contributed by atoms with van der Waals surface area (Å²) in [5.74, 6) is -0.00843. The normalized spacial score (nSPS) is 18.3. The SMILES string of the molecule is NC1(CNC(=O)c2csc(I)c2)CCC1. The van der Waals surface area contributed by atoms with Crippen molar-refractivity contribution in [2.75, 3.05) is 6.54 Å². The van der Waals surface area contributed by atoms with E-state index in [0.717, 1.165) is 21.3 Å². The number of amides is 1. The molecule has 2 rings (SSSR count). The molecule has 1 aromatic rings. The summed E-state index contributed by atoms with van der Waals surface area (Å²) in [5.41, 5.74) is 6.62. The molecule has 0 atom stereocenters. The van der Waals surface area contributed by atoms with Crippen molar-refractivity contribution >= 4 is 39.8 Å². The molecule has 5 heteroatoms. The summed E-state index contributed by atoms with van der Waals surface area (Å²) in [6.07, 6.45) is 3.23. The molecule has 1 saturated carbocycles. The second kappa shape index (κ2) is 4.39. The molecule has 1 heterocycles. The number of nitrogens with two attached hydrogens (primary N) is 1. The molecule has 1 aliphatic carbocycles. The topological polar surface area (TPSA) is 55.1 Å². The van der Waals surface area contributed by atoms with E-state index in [-0.39, 0.29) is 11.4 Å². The van der Waals surface area contributed by atoms with Crippen LogP contribution in [0.3, 0.4) is 0 Å². The summed E-state index contributed by atoms with van der Waals surface area (Å²) in [6, 6.07) is 1.89. The lowest BCUT2D eigenvalue weighted by Gasteiger charge is -2.38. The Morgan fingerprint density at radius 2 is 2.40 bits per heavy atom. The van der Waals surface area contributed by atoms with Crippen LogP contribution in [0, 0.1) is 2.88 Å². The van der Waals surface area contributed by atoms with Gasteiger partial charge in [-0.2, -0.15) is 0 Å². The molecule has 0 saturated heterocycles. The van der Waals surface area contributed by atoms with Gasteiger partial charge in [-0.05, 0) is 47.9 Å². The molecule has 1 fully saturated rings. The van der Waals surface area contributed by atoms with E-state index < -0.39 is 0 Å². The van der Waals surface area contributed by atoms with Crippen LogP contribution in [0.15, 0.2) is 11.4 Å². The lowest BCUT2D eigenvalue weighted by molar-refractivity contribution is 0.0930. The first-order chi connectivity index (χ1) is 7.09. The standard InChI is InChI=1S/C10H13IN2OS/c11-8-4-7(5-15-8)9(14)13-6-10(12)2-1-3-10/h4-5H,1-3,6,12H2,(H,13,14). The van der Waals surface area contributed by atoms with Crippen LogP contribution < -0.4 is 11.1 Å². The molecule has 0 aliphatic heterocycles. The predicted molar refractivity (Wildman–Crippen MR) is 70.1 cm³/mol. The van der Waals surface area contributed by atoms with Crippen molar-refractivity contribution in [3.05, 3.63) is 19.9 Å². The van der Waals surface area contributed by atoms with Crippen LogP contribution >= 0.6 is 33.9 Å². The summed E-state index contributed by atoms with van der Waals surface area (Å²) in [6.45, 7) is 0.595. The predicted octanol–water partition coefficient (Wildman–Crippen LogP) is 1.96. The fraction of sp³-hybridized carbons (Fsp3) is 0.500. The van der Waals surface area contributed by atoms with Gasteiger partial charge in [0.2, 0.25) is 0 Å². The lowest BCUT2D eigenvalue weighted by Crippen LogP contribution is -2.54. The largest absolute Gasteiger partial charge is 0.350 e. The van der Waals surface area contributed by atoms with Crippen molar-refractivity contribution in [2.24, 2.45) is 5.73 Å². The number of halogens is 1. The van der Waals surface area contributed by atoms with Crippen LogP contribution in [0.5, 0.6) is 0 Å². The number of carbonyl (C=O) groups excluding carboxylic acids is 1. The van der Waals surface area contributed by atoms with E-state index in [1.807, 2.05) is 11.4 Å². The molecular weight excluding hydrogens is 323 g/mol. The van der Waals surface area contributed by atoms with Gasteiger partial charge in [-0.1, -0.05) is 0 Å². The Kier molecular flexibility index (Phi) is 3.32. The third-order valence-corrected chi connectivity index (χ3v) is 4.57. The number of rotatable bonds is 3. The molecule has 3 N–H and O–H groups in total. The third kappa shape index (κ3) is 2.70. The Morgan fingerprint density at radius 3 is 2.87 bits per heavy atom. The van der Waals surface area contributed by atoms with Crippen LogP contribution in [0.1, 0.15) is 29.6 Å². The van der Waals surface area contributed by atoms with E-state index in [9.17, 15) is 4.79 Å². The average molecular weight is 336 g/mol. The molecule has 1 aromatic heterocycles. The molecular formula is C10H13IN2OS. The van der Waals surface area contributed by atoms with Gasteiger partial charge in [0.1, 0.15) is 0 Å². The second-order valence-electron chi connectivity index (χ2n) is 4.04. The summed E-state index contributed by atoms with van der Waals surface area (Å²) in [5, 5.41) is 4.77. The molecule has 15 heavy (non-hydrogen) atoms. The van der Waals surface area contributed by atoms with Gasteiger partial charge in [-0.15, -0.1) is 11.3 Å². The summed E-state index contributed by atoms with van der Waals surface area (Å²) < 4.78 is 1.13. The maximum absolute atomic E-state index is 11.7. The van der Waals surface area contributed by atoms with E-state index >= 15 is 0 Å². The van der Waals surface area contributed by atoms with Crippen LogP contribution in [-0.2, 0) is 0 Å². The first kappa shape index (κ1) is 11.3. The van der Waals surface area contributed by atoms with Gasteiger partial charge in [-0.3, -0.25) is 4.79 Å². The first-order valence-corrected chi connectivity index (χ1v) is 6.86. The van der Waals surface area contributed by atoms with Gasteiger partial charge in [0.15, 0.2) is 0 Å². The van der Waals surface area contributed by atoms with Crippen molar-refractivity contribution in [1.82, 2.24) is 5.32 Å². The maximum Gasteiger partial charge on any atom is 0.252 e. The average Bonchev–Trinajstić information content (AvgIpc) is 2.58. The van der Waals surface area contributed by atoms with Crippen LogP contribution in [0.25, 0.3) is 0 Å². The number of carbonyl (C=O) groups is 1. The molecule has 1 amide bonds. The van der Waals surface area contributed by atoms with Crippen LogP contribution in [-0.4, -0.2) is 18.0 Å². The number of hydrogen-bond acceptors (Lipinski definition) is 3. The highest BCUT2D eigenvalue weighted by molar-refractivity contribution is 14.1. The smallest absolute Gasteiger partial charge is 0.252 e. The highest BCUT2D eigenvalue weighted by Crippen LogP contribution is 2.28. The van der Waals surface area contributed by atoms with Crippen LogP contribution in [0.2, 0.25) is 0 Å². The summed E-state index contributed by atoms with van der Waals surface area (Å²) in [4.78, 5) is 11.7. The molecule has 82 valence electrons. The Hall–Kier alpha value is -0.140. The van der Waals surface area contributed by atoms with Gasteiger partial charge in [0, 0.05) is 17.5 Å². The Morgan fingerprint density at radius 1 is 1.67 bits per heavy atom. The zero-order valence-corrected chi connectivity index (χ0v) is 11.2. The number of hydrogen-bond donors (Lipinski definition) is 2. The fourth-order valence-electron chi connectivity index (χ4n) is 1.60. The third-order valence-electron chi connectivity index (χ3n) is 2.78. The van der Waals surface area contributed by atoms with E-state index in [1.165, 1.54) is 6.42 Å². The summed E-state index contributed by atoms with van der Waals surface area (Å²) >= 11 is 3.79. The highest BCUT2D eigenvalue weighted by atomic mass is 127. The van der Waals surface area contributed by atoms with Gasteiger partial charge in [0.05, 0.1) is 8.45 Å². The van der Waals surface area contributed by atoms with Crippen molar-refractivity contribution in [3.63, 3.8) is 0 Å². The Bertz CT molecular complexity index is 373. The number of thiophene rings is 1. The Balaban J connectivity index is 1.87. The van der Waals surface area contributed by atoms with E-state index in [4.69, 9.17) is 5.73 Å². The zero-order valence-electron chi connectivity index (χ0n) is 8.25. The minimum atomic E-state index is -0.140. The molecule has 0 spiro atoms. The highest BCUT2D eigenvalue weighted by Gasteiger charge is 2.32. The molecule has 0 bridgehead atoms. The first-order valence-electron chi connectivity index (χ1n) is 4.90. The quantitative estimate of drug-likeness (QED) is 0.829. The van der Waals surface area contributed by atoms with E-state index in [1.54, 1.807) is 11.3 Å².